The highest BCUT2D eigenvalue weighted by atomic mass is 16.5. The topological polar surface area (TPSA) is 91.1 Å². The molecule has 1 aromatic rings. The predicted molar refractivity (Wildman–Crippen MR) is 110 cm³/mol. The Morgan fingerprint density at radius 1 is 1.04 bits per heavy atom. The van der Waals surface area contributed by atoms with E-state index in [0.29, 0.717) is 57.2 Å². The number of urea groups is 1. The Hall–Kier alpha value is -2.48. The zero-order valence-electron chi connectivity index (χ0n) is 16.8. The summed E-state index contributed by atoms with van der Waals surface area (Å²) in [4.78, 5) is 31.3. The Balaban J connectivity index is 1.76. The molecular weight excluding hydrogens is 358 g/mol. The number of benzene rings is 1. The number of nitrogens with two attached hydrogens (primary N) is 1. The molecule has 2 aliphatic heterocycles. The Morgan fingerprint density at radius 3 is 2.50 bits per heavy atom. The summed E-state index contributed by atoms with van der Waals surface area (Å²) in [5, 5.41) is 2.95. The van der Waals surface area contributed by atoms with Gasteiger partial charge in [-0.15, -0.1) is 0 Å². The number of nitrogens with zero attached hydrogens (tertiary/aromatic N) is 3. The molecule has 0 bridgehead atoms. The lowest BCUT2D eigenvalue weighted by molar-refractivity contribution is 0.0303. The molecule has 2 heterocycles. The summed E-state index contributed by atoms with van der Waals surface area (Å²) in [5.41, 5.74) is 8.08. The van der Waals surface area contributed by atoms with Crippen molar-refractivity contribution in [3.8, 4) is 0 Å². The van der Waals surface area contributed by atoms with Gasteiger partial charge in [-0.1, -0.05) is 0 Å². The van der Waals surface area contributed by atoms with E-state index in [-0.39, 0.29) is 18.0 Å². The molecular formula is C20H31N5O3. The molecule has 3 amide bonds. The maximum atomic E-state index is 13.1. The van der Waals surface area contributed by atoms with E-state index in [4.69, 9.17) is 10.5 Å². The number of hydrogen-bond donors (Lipinski definition) is 2. The zero-order chi connectivity index (χ0) is 20.1. The standard InChI is InChI=1S/C20H31N5O3/c1-15(2)22-20(27)25-7-3-6-23(8-9-25)18-5-4-16(21)14-17(18)19(26)24-10-12-28-13-11-24/h4-5,14-15H,3,6-13,21H2,1-2H3,(H,22,27). The fourth-order valence-electron chi connectivity index (χ4n) is 3.64. The normalized spacial score (nSPS) is 18.2. The molecule has 8 nitrogen and oxygen atoms in total. The van der Waals surface area contributed by atoms with Crippen molar-refractivity contribution in [1.29, 1.82) is 0 Å². The number of anilines is 2. The van der Waals surface area contributed by atoms with Gasteiger partial charge in [0.1, 0.15) is 0 Å². The molecule has 0 atom stereocenters. The largest absolute Gasteiger partial charge is 0.399 e. The zero-order valence-corrected chi connectivity index (χ0v) is 16.8. The van der Waals surface area contributed by atoms with Crippen LogP contribution >= 0.6 is 0 Å². The summed E-state index contributed by atoms with van der Waals surface area (Å²) >= 11 is 0. The number of morpholine rings is 1. The third kappa shape index (κ3) is 4.86. The second kappa shape index (κ2) is 9.14. The number of nitrogens with one attached hydrogen (secondary N) is 1. The van der Waals surface area contributed by atoms with Crippen molar-refractivity contribution in [2.24, 2.45) is 0 Å². The highest BCUT2D eigenvalue weighted by molar-refractivity contribution is 6.00. The van der Waals surface area contributed by atoms with Crippen LogP contribution in [0, 0.1) is 0 Å². The molecule has 0 spiro atoms. The molecule has 2 fully saturated rings. The van der Waals surface area contributed by atoms with Crippen molar-refractivity contribution in [3.05, 3.63) is 23.8 Å². The second-order valence-corrected chi connectivity index (χ2v) is 7.61. The van der Waals surface area contributed by atoms with Crippen LogP contribution in [0.3, 0.4) is 0 Å². The summed E-state index contributed by atoms with van der Waals surface area (Å²) in [6.07, 6.45) is 0.848. The lowest BCUT2D eigenvalue weighted by atomic mass is 10.1. The quantitative estimate of drug-likeness (QED) is 0.762. The van der Waals surface area contributed by atoms with Crippen molar-refractivity contribution in [2.75, 3.05) is 63.1 Å². The first-order chi connectivity index (χ1) is 13.5. The number of rotatable bonds is 3. The van der Waals surface area contributed by atoms with Gasteiger partial charge >= 0.3 is 6.03 Å². The van der Waals surface area contributed by atoms with Crippen molar-refractivity contribution in [1.82, 2.24) is 15.1 Å². The van der Waals surface area contributed by atoms with Crippen LogP contribution in [0.15, 0.2) is 18.2 Å². The van der Waals surface area contributed by atoms with Gasteiger partial charge in [-0.25, -0.2) is 4.79 Å². The highest BCUT2D eigenvalue weighted by Gasteiger charge is 2.26. The van der Waals surface area contributed by atoms with Crippen LogP contribution in [0.2, 0.25) is 0 Å². The summed E-state index contributed by atoms with van der Waals surface area (Å²) in [7, 11) is 0. The first-order valence-electron chi connectivity index (χ1n) is 10.0. The van der Waals surface area contributed by atoms with Crippen LogP contribution in [-0.2, 0) is 4.74 Å². The fraction of sp³-hybridized carbons (Fsp3) is 0.600. The molecule has 0 aliphatic carbocycles. The van der Waals surface area contributed by atoms with Crippen LogP contribution in [-0.4, -0.2) is 80.3 Å². The van der Waals surface area contributed by atoms with E-state index < -0.39 is 0 Å². The van der Waals surface area contributed by atoms with Crippen molar-refractivity contribution >= 4 is 23.3 Å². The molecule has 0 unspecified atom stereocenters. The van der Waals surface area contributed by atoms with Gasteiger partial charge in [0.2, 0.25) is 0 Å². The molecule has 0 saturated carbocycles. The minimum absolute atomic E-state index is 0.00995. The van der Waals surface area contributed by atoms with Gasteiger partial charge in [0.05, 0.1) is 18.8 Å². The number of ether oxygens (including phenoxy) is 1. The molecule has 8 heteroatoms. The first kappa shape index (κ1) is 20.3. The van der Waals surface area contributed by atoms with Gasteiger partial charge < -0.3 is 30.5 Å². The Kier molecular flexibility index (Phi) is 6.61. The number of carbonyl (C=O) groups excluding carboxylic acids is 2. The molecule has 1 aromatic carbocycles. The molecule has 3 rings (SSSR count). The van der Waals surface area contributed by atoms with E-state index in [0.717, 1.165) is 18.7 Å². The van der Waals surface area contributed by atoms with Gasteiger partial charge in [-0.3, -0.25) is 4.79 Å². The summed E-state index contributed by atoms with van der Waals surface area (Å²) in [5.74, 6) is -0.00995. The summed E-state index contributed by atoms with van der Waals surface area (Å²) in [6.45, 7) is 9.02. The van der Waals surface area contributed by atoms with Gasteiger partial charge in [0.15, 0.2) is 0 Å². The number of amides is 3. The van der Waals surface area contributed by atoms with E-state index in [9.17, 15) is 9.59 Å². The Labute approximate surface area is 166 Å². The number of hydrogen-bond acceptors (Lipinski definition) is 5. The molecule has 3 N–H and O–H groups in total. The summed E-state index contributed by atoms with van der Waals surface area (Å²) in [6, 6.07) is 5.61. The molecule has 28 heavy (non-hydrogen) atoms. The van der Waals surface area contributed by atoms with Gasteiger partial charge in [0, 0.05) is 56.7 Å². The molecule has 0 aromatic heterocycles. The average molecular weight is 390 g/mol. The molecule has 2 saturated heterocycles. The van der Waals surface area contributed by atoms with E-state index in [1.807, 2.05) is 35.8 Å². The maximum Gasteiger partial charge on any atom is 0.317 e. The van der Waals surface area contributed by atoms with Crippen LogP contribution in [0.5, 0.6) is 0 Å². The van der Waals surface area contributed by atoms with Crippen molar-refractivity contribution in [3.63, 3.8) is 0 Å². The predicted octanol–water partition coefficient (Wildman–Crippen LogP) is 1.37. The lowest BCUT2D eigenvalue weighted by Crippen LogP contribution is -2.44. The Bertz CT molecular complexity index is 703. The second-order valence-electron chi connectivity index (χ2n) is 7.61. The van der Waals surface area contributed by atoms with Crippen molar-refractivity contribution in [2.45, 2.75) is 26.3 Å². The van der Waals surface area contributed by atoms with E-state index in [1.165, 1.54) is 0 Å². The van der Waals surface area contributed by atoms with E-state index in [1.54, 1.807) is 6.07 Å². The highest BCUT2D eigenvalue weighted by Crippen LogP contribution is 2.26. The Morgan fingerprint density at radius 2 is 1.79 bits per heavy atom. The minimum atomic E-state index is -0.0289. The SMILES string of the molecule is CC(C)NC(=O)N1CCCN(c2ccc(N)cc2C(=O)N2CCOCC2)CC1. The van der Waals surface area contributed by atoms with Crippen molar-refractivity contribution < 1.29 is 14.3 Å². The monoisotopic (exact) mass is 389 g/mol. The average Bonchev–Trinajstić information content (AvgIpc) is 2.94. The number of nitrogen functional groups attached to an aromatic ring is 1. The fourth-order valence-corrected chi connectivity index (χ4v) is 3.64. The molecule has 2 aliphatic rings. The van der Waals surface area contributed by atoms with Gasteiger partial charge in [-0.2, -0.15) is 0 Å². The van der Waals surface area contributed by atoms with Crippen LogP contribution in [0.25, 0.3) is 0 Å². The van der Waals surface area contributed by atoms with E-state index >= 15 is 0 Å². The van der Waals surface area contributed by atoms with Crippen LogP contribution < -0.4 is 16.0 Å². The minimum Gasteiger partial charge on any atom is -0.399 e. The first-order valence-corrected chi connectivity index (χ1v) is 10.0. The third-order valence-electron chi connectivity index (χ3n) is 5.09. The third-order valence-corrected chi connectivity index (χ3v) is 5.09. The van der Waals surface area contributed by atoms with Crippen LogP contribution in [0.1, 0.15) is 30.6 Å². The lowest BCUT2D eigenvalue weighted by Gasteiger charge is -2.30. The van der Waals surface area contributed by atoms with Gasteiger partial charge in [0.25, 0.3) is 5.91 Å². The van der Waals surface area contributed by atoms with E-state index in [2.05, 4.69) is 10.2 Å². The smallest absolute Gasteiger partial charge is 0.317 e. The molecule has 154 valence electrons. The maximum absolute atomic E-state index is 13.1. The summed E-state index contributed by atoms with van der Waals surface area (Å²) < 4.78 is 5.36. The number of carbonyl (C=O) groups is 2. The molecule has 0 radical (unpaired) electrons. The van der Waals surface area contributed by atoms with Gasteiger partial charge in [-0.05, 0) is 38.5 Å². The van der Waals surface area contributed by atoms with Crippen LogP contribution in [0.4, 0.5) is 16.2 Å².